The van der Waals surface area contributed by atoms with Crippen molar-refractivity contribution in [3.05, 3.63) is 58.0 Å². The number of thiophene rings is 1. The van der Waals surface area contributed by atoms with Crippen molar-refractivity contribution in [2.45, 2.75) is 18.8 Å². The van der Waals surface area contributed by atoms with Crippen molar-refractivity contribution in [2.24, 2.45) is 5.92 Å². The molecule has 2 aromatic rings. The van der Waals surface area contributed by atoms with Crippen LogP contribution in [0.1, 0.15) is 34.0 Å². The Kier molecular flexibility index (Phi) is 4.76. The molecule has 0 aliphatic carbocycles. The number of benzene rings is 1. The summed E-state index contributed by atoms with van der Waals surface area (Å²) >= 11 is 1.42. The van der Waals surface area contributed by atoms with Crippen LogP contribution in [-0.2, 0) is 4.79 Å². The van der Waals surface area contributed by atoms with Crippen LogP contribution >= 0.6 is 11.3 Å². The fourth-order valence-corrected chi connectivity index (χ4v) is 4.69. The highest BCUT2D eigenvalue weighted by molar-refractivity contribution is 7.12. The van der Waals surface area contributed by atoms with Crippen molar-refractivity contribution in [3.63, 3.8) is 0 Å². The summed E-state index contributed by atoms with van der Waals surface area (Å²) in [7, 11) is 0. The molecule has 1 aromatic carbocycles. The normalized spacial score (nSPS) is 22.8. The Labute approximate surface area is 156 Å². The summed E-state index contributed by atoms with van der Waals surface area (Å²) in [6.45, 7) is 2.51. The van der Waals surface area contributed by atoms with Gasteiger partial charge in [-0.25, -0.2) is 4.39 Å². The Bertz CT molecular complexity index is 785. The molecule has 2 fully saturated rings. The number of hydrogen-bond donors (Lipinski definition) is 0. The Balaban J connectivity index is 1.60. The van der Waals surface area contributed by atoms with Crippen LogP contribution in [0.15, 0.2) is 41.8 Å². The van der Waals surface area contributed by atoms with Gasteiger partial charge in [0.15, 0.2) is 0 Å². The van der Waals surface area contributed by atoms with Crippen molar-refractivity contribution in [1.29, 1.82) is 0 Å². The lowest BCUT2D eigenvalue weighted by atomic mass is 9.88. The topological polar surface area (TPSA) is 40.6 Å². The lowest BCUT2D eigenvalue weighted by Gasteiger charge is -2.23. The van der Waals surface area contributed by atoms with Gasteiger partial charge in [-0.3, -0.25) is 9.59 Å². The summed E-state index contributed by atoms with van der Waals surface area (Å²) in [5.74, 6) is -0.544. The first kappa shape index (κ1) is 17.2. The average molecular weight is 372 g/mol. The summed E-state index contributed by atoms with van der Waals surface area (Å²) in [4.78, 5) is 30.2. The molecule has 2 atom stereocenters. The molecule has 0 radical (unpaired) electrons. The number of nitrogens with zero attached hydrogens (tertiary/aromatic N) is 2. The van der Waals surface area contributed by atoms with Gasteiger partial charge in [0.1, 0.15) is 5.82 Å². The Morgan fingerprint density at radius 1 is 1.00 bits per heavy atom. The van der Waals surface area contributed by atoms with Gasteiger partial charge in [0.25, 0.3) is 5.91 Å². The van der Waals surface area contributed by atoms with E-state index >= 15 is 0 Å². The molecule has 136 valence electrons. The smallest absolute Gasteiger partial charge is 0.263 e. The number of halogens is 1. The van der Waals surface area contributed by atoms with Crippen molar-refractivity contribution in [1.82, 2.24) is 9.80 Å². The van der Waals surface area contributed by atoms with Gasteiger partial charge < -0.3 is 9.80 Å². The van der Waals surface area contributed by atoms with Crippen LogP contribution in [0.3, 0.4) is 0 Å². The molecule has 0 saturated carbocycles. The van der Waals surface area contributed by atoms with Crippen molar-refractivity contribution in [2.75, 3.05) is 26.2 Å². The van der Waals surface area contributed by atoms with Crippen LogP contribution in [-0.4, -0.2) is 47.8 Å². The lowest BCUT2D eigenvalue weighted by Crippen LogP contribution is -2.37. The highest BCUT2D eigenvalue weighted by atomic mass is 32.1. The van der Waals surface area contributed by atoms with Crippen LogP contribution < -0.4 is 0 Å². The van der Waals surface area contributed by atoms with E-state index in [2.05, 4.69) is 0 Å². The fraction of sp³-hybridized carbons (Fsp3) is 0.400. The number of rotatable bonds is 3. The van der Waals surface area contributed by atoms with E-state index in [1.165, 1.54) is 23.5 Å². The molecule has 4 rings (SSSR count). The second-order valence-electron chi connectivity index (χ2n) is 6.98. The first-order valence-electron chi connectivity index (χ1n) is 9.00. The molecule has 3 heterocycles. The van der Waals surface area contributed by atoms with Gasteiger partial charge in [-0.2, -0.15) is 0 Å². The molecule has 0 spiro atoms. The van der Waals surface area contributed by atoms with Crippen molar-refractivity contribution < 1.29 is 14.0 Å². The van der Waals surface area contributed by atoms with E-state index in [0.717, 1.165) is 31.5 Å². The quantitative estimate of drug-likeness (QED) is 0.829. The second-order valence-corrected chi connectivity index (χ2v) is 7.93. The van der Waals surface area contributed by atoms with Gasteiger partial charge in [-0.1, -0.05) is 18.2 Å². The number of carbonyl (C=O) groups excluding carboxylic acids is 2. The minimum absolute atomic E-state index is 0.0242. The van der Waals surface area contributed by atoms with Gasteiger partial charge in [-0.15, -0.1) is 11.3 Å². The number of amides is 2. The van der Waals surface area contributed by atoms with Crippen molar-refractivity contribution >= 4 is 23.2 Å². The maximum Gasteiger partial charge on any atom is 0.263 e. The molecule has 6 heteroatoms. The van der Waals surface area contributed by atoms with E-state index in [-0.39, 0.29) is 29.5 Å². The number of carbonyl (C=O) groups is 2. The maximum absolute atomic E-state index is 13.3. The molecule has 2 saturated heterocycles. The molecule has 0 N–H and O–H groups in total. The molecule has 4 nitrogen and oxygen atoms in total. The van der Waals surface area contributed by atoms with E-state index in [1.807, 2.05) is 22.4 Å². The van der Waals surface area contributed by atoms with E-state index in [1.54, 1.807) is 17.0 Å². The first-order valence-corrected chi connectivity index (χ1v) is 9.88. The van der Waals surface area contributed by atoms with Crippen LogP contribution in [0.2, 0.25) is 0 Å². The molecule has 2 aliphatic heterocycles. The number of hydrogen-bond acceptors (Lipinski definition) is 3. The second kappa shape index (κ2) is 7.19. The Morgan fingerprint density at radius 3 is 2.38 bits per heavy atom. The molecular formula is C20H21FN2O2S. The molecule has 1 aromatic heterocycles. The predicted molar refractivity (Wildman–Crippen MR) is 98.7 cm³/mol. The molecule has 2 aliphatic rings. The van der Waals surface area contributed by atoms with E-state index in [0.29, 0.717) is 18.0 Å². The molecule has 2 amide bonds. The summed E-state index contributed by atoms with van der Waals surface area (Å²) in [5.41, 5.74) is 0.922. The third kappa shape index (κ3) is 3.26. The SMILES string of the molecule is O=C(c1cccs1)N1CC(C(=O)N2CCCC2)C(c2ccc(F)cc2)C1. The lowest BCUT2D eigenvalue weighted by molar-refractivity contribution is -0.134. The number of likely N-dealkylation sites (tertiary alicyclic amines) is 2. The third-order valence-electron chi connectivity index (χ3n) is 5.37. The molecule has 0 bridgehead atoms. The van der Waals surface area contributed by atoms with Crippen LogP contribution in [0.5, 0.6) is 0 Å². The Hall–Kier alpha value is -2.21. The van der Waals surface area contributed by atoms with E-state index < -0.39 is 0 Å². The van der Waals surface area contributed by atoms with E-state index in [9.17, 15) is 14.0 Å². The predicted octanol–water partition coefficient (Wildman–Crippen LogP) is 3.37. The highest BCUT2D eigenvalue weighted by Crippen LogP contribution is 2.35. The first-order chi connectivity index (χ1) is 12.6. The molecule has 26 heavy (non-hydrogen) atoms. The minimum atomic E-state index is -0.291. The van der Waals surface area contributed by atoms with Crippen molar-refractivity contribution in [3.8, 4) is 0 Å². The maximum atomic E-state index is 13.3. The largest absolute Gasteiger partial charge is 0.342 e. The average Bonchev–Trinajstić information content (AvgIpc) is 3.42. The minimum Gasteiger partial charge on any atom is -0.342 e. The highest BCUT2D eigenvalue weighted by Gasteiger charge is 2.42. The summed E-state index contributed by atoms with van der Waals surface area (Å²) < 4.78 is 13.3. The van der Waals surface area contributed by atoms with E-state index in [4.69, 9.17) is 0 Å². The zero-order chi connectivity index (χ0) is 18.1. The summed E-state index contributed by atoms with van der Waals surface area (Å²) in [5, 5.41) is 1.88. The van der Waals surface area contributed by atoms with Gasteiger partial charge in [-0.05, 0) is 42.0 Å². The monoisotopic (exact) mass is 372 g/mol. The van der Waals surface area contributed by atoms with Gasteiger partial charge >= 0.3 is 0 Å². The Morgan fingerprint density at radius 2 is 1.73 bits per heavy atom. The summed E-state index contributed by atoms with van der Waals surface area (Å²) in [6, 6.07) is 10.0. The third-order valence-corrected chi connectivity index (χ3v) is 6.23. The van der Waals surface area contributed by atoms with Gasteiger partial charge in [0.05, 0.1) is 10.8 Å². The van der Waals surface area contributed by atoms with Crippen LogP contribution in [0, 0.1) is 11.7 Å². The summed E-state index contributed by atoms with van der Waals surface area (Å²) in [6.07, 6.45) is 2.08. The molecular weight excluding hydrogens is 351 g/mol. The molecule has 2 unspecified atom stereocenters. The van der Waals surface area contributed by atoms with Crippen LogP contribution in [0.4, 0.5) is 4.39 Å². The fourth-order valence-electron chi connectivity index (χ4n) is 4.00. The standard InChI is InChI=1S/C20H21FN2O2S/c21-15-7-5-14(6-8-15)16-12-23(20(25)18-4-3-11-26-18)13-17(16)19(24)22-9-1-2-10-22/h3-8,11,16-17H,1-2,9-10,12-13H2. The van der Waals surface area contributed by atoms with Crippen LogP contribution in [0.25, 0.3) is 0 Å². The van der Waals surface area contributed by atoms with Gasteiger partial charge in [0, 0.05) is 32.1 Å². The zero-order valence-corrected chi connectivity index (χ0v) is 15.3. The zero-order valence-electron chi connectivity index (χ0n) is 14.4. The van der Waals surface area contributed by atoms with Gasteiger partial charge in [0.2, 0.25) is 5.91 Å².